The second-order valence-corrected chi connectivity index (χ2v) is 8.20. The highest BCUT2D eigenvalue weighted by atomic mass is 79.9. The van der Waals surface area contributed by atoms with Crippen LogP contribution in [0.5, 0.6) is 5.75 Å². The van der Waals surface area contributed by atoms with E-state index in [1.165, 1.54) is 6.07 Å². The van der Waals surface area contributed by atoms with Crippen LogP contribution in [0.4, 0.5) is 13.6 Å². The molecule has 1 N–H and O–H groups in total. The fourth-order valence-electron chi connectivity index (χ4n) is 2.50. The summed E-state index contributed by atoms with van der Waals surface area (Å²) in [5.74, 6) is -2.91. The summed E-state index contributed by atoms with van der Waals surface area (Å²) in [6, 6.07) is 4.71. The number of likely N-dealkylation sites (tertiary alicyclic amines) is 1. The monoisotopic (exact) mass is 448 g/mol. The zero-order valence-electron chi connectivity index (χ0n) is 15.5. The SMILES string of the molecule is CC(C)(C)OC(=O)NCCOc1cc(Br)cc(C(=O)N2CCC(F)(F)C2)c1. The normalized spacial score (nSPS) is 16.1. The standard InChI is InChI=1S/C18H23BrF2N2O4/c1-17(2,3)27-16(25)22-5-7-26-14-9-12(8-13(19)10-14)15(24)23-6-4-18(20,21)11-23/h8-10H,4-7,11H2,1-3H3,(H,22,25). The molecule has 0 radical (unpaired) electrons. The minimum atomic E-state index is -2.84. The Morgan fingerprint density at radius 2 is 2.00 bits per heavy atom. The Hall–Kier alpha value is -1.90. The average Bonchev–Trinajstić information content (AvgIpc) is 2.88. The van der Waals surface area contributed by atoms with Crippen molar-refractivity contribution >= 4 is 27.9 Å². The van der Waals surface area contributed by atoms with E-state index >= 15 is 0 Å². The molecule has 1 aliphatic rings. The van der Waals surface area contributed by atoms with Crippen LogP contribution in [0.15, 0.2) is 22.7 Å². The highest BCUT2D eigenvalue weighted by Crippen LogP contribution is 2.29. The molecule has 0 saturated carbocycles. The Labute approximate surface area is 165 Å². The molecule has 9 heteroatoms. The van der Waals surface area contributed by atoms with Crippen molar-refractivity contribution in [1.29, 1.82) is 0 Å². The number of nitrogens with one attached hydrogen (secondary N) is 1. The van der Waals surface area contributed by atoms with Crippen molar-refractivity contribution in [2.45, 2.75) is 38.7 Å². The van der Waals surface area contributed by atoms with Gasteiger partial charge in [-0.05, 0) is 39.0 Å². The van der Waals surface area contributed by atoms with Gasteiger partial charge in [0.15, 0.2) is 0 Å². The summed E-state index contributed by atoms with van der Waals surface area (Å²) < 4.78 is 37.9. The molecule has 27 heavy (non-hydrogen) atoms. The van der Waals surface area contributed by atoms with Crippen LogP contribution in [-0.4, -0.2) is 54.7 Å². The van der Waals surface area contributed by atoms with E-state index < -0.39 is 30.1 Å². The first-order valence-corrected chi connectivity index (χ1v) is 9.32. The summed E-state index contributed by atoms with van der Waals surface area (Å²) in [5.41, 5.74) is -0.325. The lowest BCUT2D eigenvalue weighted by molar-refractivity contribution is 0.0120. The van der Waals surface area contributed by atoms with Gasteiger partial charge < -0.3 is 19.7 Å². The lowest BCUT2D eigenvalue weighted by Crippen LogP contribution is -2.34. The second-order valence-electron chi connectivity index (χ2n) is 7.29. The molecular weight excluding hydrogens is 426 g/mol. The third-order valence-electron chi connectivity index (χ3n) is 3.61. The molecule has 1 fully saturated rings. The summed E-state index contributed by atoms with van der Waals surface area (Å²) >= 11 is 3.29. The third-order valence-corrected chi connectivity index (χ3v) is 4.07. The Kier molecular flexibility index (Phi) is 6.67. The molecular formula is C18H23BrF2N2O4. The van der Waals surface area contributed by atoms with Crippen molar-refractivity contribution in [1.82, 2.24) is 10.2 Å². The number of hydrogen-bond acceptors (Lipinski definition) is 4. The quantitative estimate of drug-likeness (QED) is 0.694. The van der Waals surface area contributed by atoms with Crippen molar-refractivity contribution in [3.63, 3.8) is 0 Å². The molecule has 2 amide bonds. The number of halogens is 3. The van der Waals surface area contributed by atoms with E-state index in [1.54, 1.807) is 32.9 Å². The Morgan fingerprint density at radius 3 is 2.59 bits per heavy atom. The summed E-state index contributed by atoms with van der Waals surface area (Å²) in [6.07, 6.45) is -0.877. The molecule has 0 aromatic heterocycles. The van der Waals surface area contributed by atoms with E-state index in [0.717, 1.165) is 4.90 Å². The summed E-state index contributed by atoms with van der Waals surface area (Å²) in [7, 11) is 0. The van der Waals surface area contributed by atoms with Gasteiger partial charge in [0.05, 0.1) is 13.1 Å². The predicted molar refractivity (Wildman–Crippen MR) is 99.3 cm³/mol. The Bertz CT molecular complexity index is 707. The lowest BCUT2D eigenvalue weighted by atomic mass is 10.2. The van der Waals surface area contributed by atoms with Crippen molar-refractivity contribution in [2.24, 2.45) is 0 Å². The zero-order chi connectivity index (χ0) is 20.2. The van der Waals surface area contributed by atoms with Crippen LogP contribution in [-0.2, 0) is 4.74 Å². The third kappa shape index (κ3) is 6.97. The molecule has 1 aromatic rings. The molecule has 1 aromatic carbocycles. The minimum absolute atomic E-state index is 0.0222. The smallest absolute Gasteiger partial charge is 0.407 e. The van der Waals surface area contributed by atoms with E-state index in [0.29, 0.717) is 10.2 Å². The number of alkyl carbamates (subject to hydrolysis) is 1. The van der Waals surface area contributed by atoms with Crippen molar-refractivity contribution in [3.8, 4) is 5.75 Å². The van der Waals surface area contributed by atoms with Gasteiger partial charge in [0.25, 0.3) is 11.8 Å². The van der Waals surface area contributed by atoms with E-state index in [2.05, 4.69) is 21.2 Å². The number of alkyl halides is 2. The number of hydrogen-bond donors (Lipinski definition) is 1. The molecule has 150 valence electrons. The summed E-state index contributed by atoms with van der Waals surface area (Å²) in [5, 5.41) is 2.56. The van der Waals surface area contributed by atoms with E-state index in [9.17, 15) is 18.4 Å². The van der Waals surface area contributed by atoms with Crippen LogP contribution in [0.1, 0.15) is 37.6 Å². The van der Waals surface area contributed by atoms with Gasteiger partial charge in [-0.3, -0.25) is 4.79 Å². The Morgan fingerprint density at radius 1 is 1.30 bits per heavy atom. The molecule has 6 nitrogen and oxygen atoms in total. The van der Waals surface area contributed by atoms with Crippen LogP contribution in [0, 0.1) is 0 Å². The molecule has 0 spiro atoms. The number of ether oxygens (including phenoxy) is 2. The molecule has 0 atom stereocenters. The van der Waals surface area contributed by atoms with Crippen LogP contribution in [0.3, 0.4) is 0 Å². The number of nitrogens with zero attached hydrogens (tertiary/aromatic N) is 1. The van der Waals surface area contributed by atoms with Crippen LogP contribution < -0.4 is 10.1 Å². The van der Waals surface area contributed by atoms with Crippen LogP contribution >= 0.6 is 15.9 Å². The van der Waals surface area contributed by atoms with E-state index in [4.69, 9.17) is 9.47 Å². The molecule has 0 aliphatic carbocycles. The predicted octanol–water partition coefficient (Wildman–Crippen LogP) is 3.83. The highest BCUT2D eigenvalue weighted by Gasteiger charge is 2.40. The summed E-state index contributed by atoms with van der Waals surface area (Å²) in [6.45, 7) is 5.11. The zero-order valence-corrected chi connectivity index (χ0v) is 17.1. The summed E-state index contributed by atoms with van der Waals surface area (Å²) in [4.78, 5) is 25.1. The number of carbonyl (C=O) groups excluding carboxylic acids is 2. The number of rotatable bonds is 5. The fourth-order valence-corrected chi connectivity index (χ4v) is 2.97. The molecule has 0 unspecified atom stereocenters. The largest absolute Gasteiger partial charge is 0.492 e. The maximum atomic E-state index is 13.3. The van der Waals surface area contributed by atoms with Crippen molar-refractivity contribution in [3.05, 3.63) is 28.2 Å². The van der Waals surface area contributed by atoms with E-state index in [1.807, 2.05) is 0 Å². The average molecular weight is 449 g/mol. The molecule has 2 rings (SSSR count). The molecule has 0 bridgehead atoms. The van der Waals surface area contributed by atoms with Gasteiger partial charge in [-0.15, -0.1) is 0 Å². The van der Waals surface area contributed by atoms with Gasteiger partial charge >= 0.3 is 6.09 Å². The topological polar surface area (TPSA) is 67.9 Å². The Balaban J connectivity index is 1.90. The fraction of sp³-hybridized carbons (Fsp3) is 0.556. The lowest BCUT2D eigenvalue weighted by Gasteiger charge is -2.19. The van der Waals surface area contributed by atoms with Gasteiger partial charge in [-0.1, -0.05) is 15.9 Å². The second kappa shape index (κ2) is 8.41. The van der Waals surface area contributed by atoms with E-state index in [-0.39, 0.29) is 31.7 Å². The first kappa shape index (κ1) is 21.4. The molecule has 1 heterocycles. The van der Waals surface area contributed by atoms with Crippen LogP contribution in [0.25, 0.3) is 0 Å². The molecule has 1 saturated heterocycles. The maximum absolute atomic E-state index is 13.3. The number of benzene rings is 1. The maximum Gasteiger partial charge on any atom is 0.407 e. The van der Waals surface area contributed by atoms with Crippen molar-refractivity contribution < 1.29 is 27.8 Å². The number of carbonyl (C=O) groups is 2. The van der Waals surface area contributed by atoms with Gasteiger partial charge in [0.2, 0.25) is 0 Å². The first-order chi connectivity index (χ1) is 12.5. The van der Waals surface area contributed by atoms with Crippen LogP contribution in [0.2, 0.25) is 0 Å². The van der Waals surface area contributed by atoms with Gasteiger partial charge in [0.1, 0.15) is 18.0 Å². The number of amides is 2. The first-order valence-electron chi connectivity index (χ1n) is 8.53. The van der Waals surface area contributed by atoms with Gasteiger partial charge in [0, 0.05) is 23.0 Å². The van der Waals surface area contributed by atoms with Gasteiger partial charge in [-0.2, -0.15) is 0 Å². The van der Waals surface area contributed by atoms with Crippen molar-refractivity contribution in [2.75, 3.05) is 26.2 Å². The highest BCUT2D eigenvalue weighted by molar-refractivity contribution is 9.10. The minimum Gasteiger partial charge on any atom is -0.492 e. The molecule has 1 aliphatic heterocycles. The van der Waals surface area contributed by atoms with Gasteiger partial charge in [-0.25, -0.2) is 13.6 Å².